The van der Waals surface area contributed by atoms with Crippen LogP contribution in [0.1, 0.15) is 56.4 Å². The van der Waals surface area contributed by atoms with Gasteiger partial charge in [0.25, 0.3) is 11.8 Å². The fourth-order valence-corrected chi connectivity index (χ4v) is 5.77. The maximum absolute atomic E-state index is 13.5. The molecule has 2 atom stereocenters. The minimum atomic E-state index is -0.874. The summed E-state index contributed by atoms with van der Waals surface area (Å²) in [6, 6.07) is 18.0. The molecule has 4 aromatic rings. The van der Waals surface area contributed by atoms with Gasteiger partial charge in [-0.1, -0.05) is 50.2 Å². The van der Waals surface area contributed by atoms with E-state index in [1.54, 1.807) is 42.4 Å². The first-order chi connectivity index (χ1) is 20.6. The number of pyridine rings is 1. The van der Waals surface area contributed by atoms with Gasteiger partial charge < -0.3 is 20.2 Å². The Morgan fingerprint density at radius 1 is 0.953 bits per heavy atom. The first-order valence-electron chi connectivity index (χ1n) is 14.5. The molecule has 2 N–H and O–H groups in total. The minimum absolute atomic E-state index is 0.196. The van der Waals surface area contributed by atoms with Crippen molar-refractivity contribution >= 4 is 28.8 Å². The second-order valence-corrected chi connectivity index (χ2v) is 12.4. The summed E-state index contributed by atoms with van der Waals surface area (Å²) in [6.07, 6.45) is 4.16. The van der Waals surface area contributed by atoms with Gasteiger partial charge in [-0.15, -0.1) is 11.3 Å². The van der Waals surface area contributed by atoms with Crippen LogP contribution in [-0.2, 0) is 19.4 Å². The Hall–Kier alpha value is -4.08. The first kappa shape index (κ1) is 31.8. The molecule has 43 heavy (non-hydrogen) atoms. The topological polar surface area (TPSA) is 98.7 Å². The van der Waals surface area contributed by atoms with Crippen molar-refractivity contribution in [3.05, 3.63) is 111 Å². The number of benzene rings is 2. The van der Waals surface area contributed by atoms with Crippen molar-refractivity contribution in [2.75, 3.05) is 25.5 Å². The van der Waals surface area contributed by atoms with E-state index in [9.17, 15) is 14.7 Å². The van der Waals surface area contributed by atoms with Crippen LogP contribution in [0.5, 0.6) is 0 Å². The Balaban J connectivity index is 1.48. The van der Waals surface area contributed by atoms with Gasteiger partial charge in [0.15, 0.2) is 0 Å². The third kappa shape index (κ3) is 9.20. The Bertz CT molecular complexity index is 1510. The molecule has 0 aliphatic heterocycles. The number of amides is 2. The van der Waals surface area contributed by atoms with E-state index >= 15 is 0 Å². The quantitative estimate of drug-likeness (QED) is 0.221. The highest BCUT2D eigenvalue weighted by molar-refractivity contribution is 7.09. The molecule has 2 amide bonds. The van der Waals surface area contributed by atoms with E-state index in [1.807, 2.05) is 60.8 Å². The zero-order valence-electron chi connectivity index (χ0n) is 25.5. The SMILES string of the molecule is Cc1csc(CN(C)C(=O)c2cccc(C(=O)N[C@@H](Cc3ccccc3)[C@H](O)CN(C)c3cncc(CC(C)C)c3)c2)n1. The molecule has 4 rings (SSSR count). The van der Waals surface area contributed by atoms with Gasteiger partial charge >= 0.3 is 0 Å². The molecular formula is C34H41N5O3S. The maximum atomic E-state index is 13.5. The lowest BCUT2D eigenvalue weighted by molar-refractivity contribution is 0.0784. The van der Waals surface area contributed by atoms with Crippen molar-refractivity contribution in [1.82, 2.24) is 20.2 Å². The Kier molecular flexibility index (Phi) is 11.0. The lowest BCUT2D eigenvalue weighted by atomic mass is 9.99. The van der Waals surface area contributed by atoms with Gasteiger partial charge in [-0.25, -0.2) is 4.98 Å². The van der Waals surface area contributed by atoms with Gasteiger partial charge in [-0.05, 0) is 61.1 Å². The van der Waals surface area contributed by atoms with E-state index in [0.717, 1.165) is 33.9 Å². The Morgan fingerprint density at radius 3 is 2.40 bits per heavy atom. The summed E-state index contributed by atoms with van der Waals surface area (Å²) in [4.78, 5) is 39.1. The van der Waals surface area contributed by atoms with Crippen molar-refractivity contribution in [2.24, 2.45) is 5.92 Å². The van der Waals surface area contributed by atoms with Crippen molar-refractivity contribution in [3.8, 4) is 0 Å². The number of aromatic nitrogens is 2. The monoisotopic (exact) mass is 599 g/mol. The second kappa shape index (κ2) is 14.9. The van der Waals surface area contributed by atoms with E-state index in [1.165, 1.54) is 11.3 Å². The molecule has 0 bridgehead atoms. The zero-order valence-corrected chi connectivity index (χ0v) is 26.3. The summed E-state index contributed by atoms with van der Waals surface area (Å²) < 4.78 is 0. The van der Waals surface area contributed by atoms with Crippen molar-refractivity contribution in [3.63, 3.8) is 0 Å². The average Bonchev–Trinajstić information content (AvgIpc) is 3.40. The van der Waals surface area contributed by atoms with E-state index in [-0.39, 0.29) is 11.8 Å². The molecule has 0 unspecified atom stereocenters. The number of carbonyl (C=O) groups excluding carboxylic acids is 2. The number of thiazole rings is 1. The number of nitrogens with zero attached hydrogens (tertiary/aromatic N) is 4. The summed E-state index contributed by atoms with van der Waals surface area (Å²) in [5, 5.41) is 17.3. The number of likely N-dealkylation sites (N-methyl/N-ethyl adjacent to an activating group) is 1. The van der Waals surface area contributed by atoms with Crippen LogP contribution in [-0.4, -0.2) is 64.6 Å². The number of anilines is 1. The molecule has 0 fully saturated rings. The number of aliphatic hydroxyl groups excluding tert-OH is 1. The standard InChI is InChI=1S/C34H41N5O3S/c1-23(2)14-26-15-29(19-35-18-26)38(4)20-31(40)30(16-25-10-7-6-8-11-25)37-33(41)27-12-9-13-28(17-27)34(42)39(5)21-32-36-24(3)22-43-32/h6-13,15,17-19,22-23,30-31,40H,14,16,20-21H2,1-5H3,(H,37,41)/t30-,31+/m0/s1. The van der Waals surface area contributed by atoms with Gasteiger partial charge in [-0.3, -0.25) is 14.6 Å². The smallest absolute Gasteiger partial charge is 0.253 e. The highest BCUT2D eigenvalue weighted by atomic mass is 32.1. The van der Waals surface area contributed by atoms with Crippen LogP contribution in [0, 0.1) is 12.8 Å². The molecule has 0 saturated carbocycles. The van der Waals surface area contributed by atoms with Crippen LogP contribution >= 0.6 is 11.3 Å². The molecule has 2 heterocycles. The number of aryl methyl sites for hydroxylation is 1. The fourth-order valence-electron chi connectivity index (χ4n) is 4.95. The summed E-state index contributed by atoms with van der Waals surface area (Å²) in [5.74, 6) is -0.0377. The number of rotatable bonds is 13. The number of hydrogen-bond donors (Lipinski definition) is 2. The average molecular weight is 600 g/mol. The molecule has 0 aliphatic rings. The van der Waals surface area contributed by atoms with Crippen LogP contribution in [0.2, 0.25) is 0 Å². The van der Waals surface area contributed by atoms with Crippen LogP contribution < -0.4 is 10.2 Å². The summed E-state index contributed by atoms with van der Waals surface area (Å²) in [7, 11) is 3.64. The first-order valence-corrected chi connectivity index (χ1v) is 15.4. The van der Waals surface area contributed by atoms with Crippen LogP contribution in [0.3, 0.4) is 0 Å². The van der Waals surface area contributed by atoms with Gasteiger partial charge in [-0.2, -0.15) is 0 Å². The normalized spacial score (nSPS) is 12.5. The van der Waals surface area contributed by atoms with E-state index in [0.29, 0.717) is 36.6 Å². The van der Waals surface area contributed by atoms with Gasteiger partial charge in [0.1, 0.15) is 5.01 Å². The number of hydrogen-bond acceptors (Lipinski definition) is 7. The van der Waals surface area contributed by atoms with Crippen molar-refractivity contribution < 1.29 is 14.7 Å². The zero-order chi connectivity index (χ0) is 30.9. The van der Waals surface area contributed by atoms with Crippen molar-refractivity contribution in [2.45, 2.75) is 52.3 Å². The number of nitrogens with one attached hydrogen (secondary N) is 1. The van der Waals surface area contributed by atoms with Crippen LogP contribution in [0.25, 0.3) is 0 Å². The summed E-state index contributed by atoms with van der Waals surface area (Å²) >= 11 is 1.51. The highest BCUT2D eigenvalue weighted by Gasteiger charge is 2.25. The molecule has 0 saturated heterocycles. The molecular weight excluding hydrogens is 558 g/mol. The second-order valence-electron chi connectivity index (χ2n) is 11.5. The molecule has 2 aromatic heterocycles. The molecule has 9 heteroatoms. The predicted octanol–water partition coefficient (Wildman–Crippen LogP) is 5.16. The van der Waals surface area contributed by atoms with Crippen molar-refractivity contribution in [1.29, 1.82) is 0 Å². The predicted molar refractivity (Wildman–Crippen MR) is 173 cm³/mol. The molecule has 0 radical (unpaired) electrons. The highest BCUT2D eigenvalue weighted by Crippen LogP contribution is 2.18. The van der Waals surface area contributed by atoms with Gasteiger partial charge in [0, 0.05) is 49.0 Å². The Morgan fingerprint density at radius 2 is 1.70 bits per heavy atom. The molecule has 2 aromatic carbocycles. The molecule has 226 valence electrons. The summed E-state index contributed by atoms with van der Waals surface area (Å²) in [6.45, 7) is 6.95. The third-order valence-corrected chi connectivity index (χ3v) is 8.11. The lowest BCUT2D eigenvalue weighted by Crippen LogP contribution is -2.49. The Labute approximate surface area is 258 Å². The third-order valence-electron chi connectivity index (χ3n) is 7.16. The number of aliphatic hydroxyl groups is 1. The molecule has 0 aliphatic carbocycles. The fraction of sp³-hybridized carbons (Fsp3) is 0.353. The van der Waals surface area contributed by atoms with Crippen LogP contribution in [0.4, 0.5) is 5.69 Å². The van der Waals surface area contributed by atoms with E-state index in [2.05, 4.69) is 35.2 Å². The van der Waals surface area contributed by atoms with Gasteiger partial charge in [0.2, 0.25) is 0 Å². The largest absolute Gasteiger partial charge is 0.389 e. The van der Waals surface area contributed by atoms with Crippen LogP contribution in [0.15, 0.2) is 78.4 Å². The molecule has 0 spiro atoms. The van der Waals surface area contributed by atoms with Gasteiger partial charge in [0.05, 0.1) is 30.6 Å². The van der Waals surface area contributed by atoms with E-state index < -0.39 is 12.1 Å². The lowest BCUT2D eigenvalue weighted by Gasteiger charge is -2.29. The van der Waals surface area contributed by atoms with E-state index in [4.69, 9.17) is 0 Å². The summed E-state index contributed by atoms with van der Waals surface area (Å²) in [5.41, 5.74) is 4.74. The number of carbonyl (C=O) groups is 2. The molecule has 8 nitrogen and oxygen atoms in total. The maximum Gasteiger partial charge on any atom is 0.253 e. The minimum Gasteiger partial charge on any atom is -0.389 e.